The van der Waals surface area contributed by atoms with Crippen molar-refractivity contribution in [3.05, 3.63) is 108 Å². The van der Waals surface area contributed by atoms with Crippen molar-refractivity contribution in [1.29, 1.82) is 0 Å². The maximum absolute atomic E-state index is 14.9. The predicted octanol–water partition coefficient (Wildman–Crippen LogP) is 5.57. The lowest BCUT2D eigenvalue weighted by atomic mass is 9.88. The van der Waals surface area contributed by atoms with Gasteiger partial charge in [0.1, 0.15) is 11.5 Å². The Labute approximate surface area is 229 Å². The van der Waals surface area contributed by atoms with Gasteiger partial charge in [0.25, 0.3) is 0 Å². The molecule has 3 aromatic carbocycles. The molecule has 0 bridgehead atoms. The average molecular weight is 523 g/mol. The van der Waals surface area contributed by atoms with E-state index in [2.05, 4.69) is 34.1 Å². The Morgan fingerprint density at radius 1 is 0.641 bits per heavy atom. The highest BCUT2D eigenvalue weighted by Crippen LogP contribution is 2.37. The molecule has 39 heavy (non-hydrogen) atoms. The Morgan fingerprint density at radius 3 is 1.74 bits per heavy atom. The molecule has 0 radical (unpaired) electrons. The summed E-state index contributed by atoms with van der Waals surface area (Å²) in [6.07, 6.45) is 0. The van der Waals surface area contributed by atoms with E-state index in [1.54, 1.807) is 0 Å². The Hall–Kier alpha value is -3.55. The van der Waals surface area contributed by atoms with Gasteiger partial charge in [-0.15, -0.1) is 0 Å². The number of hydrogen-bond acceptors (Lipinski definition) is 6. The Kier molecular flexibility index (Phi) is 7.98. The monoisotopic (exact) mass is 522 g/mol. The van der Waals surface area contributed by atoms with Crippen molar-refractivity contribution in [2.24, 2.45) is 0 Å². The summed E-state index contributed by atoms with van der Waals surface area (Å²) in [6.45, 7) is 5.50. The number of ketones is 1. The predicted molar refractivity (Wildman–Crippen MR) is 152 cm³/mol. The minimum atomic E-state index is -0.405. The van der Waals surface area contributed by atoms with Gasteiger partial charge in [-0.25, -0.2) is 0 Å². The van der Waals surface area contributed by atoms with E-state index in [-0.39, 0.29) is 11.8 Å². The Morgan fingerprint density at radius 2 is 1.15 bits per heavy atom. The molecule has 0 spiro atoms. The lowest BCUT2D eigenvalue weighted by molar-refractivity contribution is -0.0301. The van der Waals surface area contributed by atoms with Crippen molar-refractivity contribution < 1.29 is 18.7 Å². The summed E-state index contributed by atoms with van der Waals surface area (Å²) in [5, 5.41) is 0. The number of benzene rings is 3. The highest BCUT2D eigenvalue weighted by Gasteiger charge is 2.41. The summed E-state index contributed by atoms with van der Waals surface area (Å²) in [7, 11) is 0. The van der Waals surface area contributed by atoms with Crippen LogP contribution < -0.4 is 0 Å². The van der Waals surface area contributed by atoms with Crippen LogP contribution in [0.2, 0.25) is 0 Å². The van der Waals surface area contributed by atoms with Gasteiger partial charge in [-0.1, -0.05) is 91.0 Å². The zero-order valence-electron chi connectivity index (χ0n) is 22.1. The second-order valence-electron chi connectivity index (χ2n) is 10.0. The molecular weight excluding hydrogens is 488 g/mol. The van der Waals surface area contributed by atoms with Crippen LogP contribution in [-0.4, -0.2) is 74.2 Å². The minimum Gasteiger partial charge on any atom is -0.455 e. The van der Waals surface area contributed by atoms with Crippen LogP contribution in [0.4, 0.5) is 0 Å². The van der Waals surface area contributed by atoms with E-state index in [1.807, 2.05) is 72.8 Å². The van der Waals surface area contributed by atoms with Crippen LogP contribution in [0.15, 0.2) is 101 Å². The molecule has 0 unspecified atom stereocenters. The van der Waals surface area contributed by atoms with Gasteiger partial charge in [0, 0.05) is 37.3 Å². The van der Waals surface area contributed by atoms with Gasteiger partial charge < -0.3 is 13.9 Å². The maximum atomic E-state index is 14.9. The molecule has 2 aliphatic rings. The first-order valence-electron chi connectivity index (χ1n) is 13.8. The topological polar surface area (TPSA) is 55.2 Å². The van der Waals surface area contributed by atoms with Crippen molar-refractivity contribution in [1.82, 2.24) is 9.80 Å². The van der Waals surface area contributed by atoms with Crippen LogP contribution in [0.3, 0.4) is 0 Å². The van der Waals surface area contributed by atoms with Gasteiger partial charge in [0.2, 0.25) is 0 Å². The Balaban J connectivity index is 1.49. The quantitative estimate of drug-likeness (QED) is 0.282. The molecule has 2 fully saturated rings. The first-order chi connectivity index (χ1) is 19.3. The molecular formula is C33H34N2O4. The van der Waals surface area contributed by atoms with E-state index in [1.165, 1.54) is 0 Å². The molecule has 2 atom stereocenters. The lowest BCUT2D eigenvalue weighted by Gasteiger charge is -2.44. The highest BCUT2D eigenvalue weighted by atomic mass is 16.5. The summed E-state index contributed by atoms with van der Waals surface area (Å²) in [5.41, 5.74) is 3.60. The number of morpholine rings is 2. The van der Waals surface area contributed by atoms with Crippen molar-refractivity contribution in [3.63, 3.8) is 0 Å². The van der Waals surface area contributed by atoms with E-state index in [9.17, 15) is 4.79 Å². The second kappa shape index (κ2) is 12.1. The standard InChI is InChI=1S/C33H34N2O4/c36-32(28-24-29(25-10-4-1-5-11-25)39-33(28)27-14-8-3-9-15-27)31(35-18-22-38-23-19-35)30(26-12-6-2-7-13-26)34-16-20-37-21-17-34/h1-15,24,30-31H,16-23H2/t30-,31+/m0/s1. The van der Waals surface area contributed by atoms with Crippen molar-refractivity contribution in [2.75, 3.05) is 52.6 Å². The van der Waals surface area contributed by atoms with Crippen molar-refractivity contribution >= 4 is 5.78 Å². The molecule has 1 aromatic heterocycles. The summed E-state index contributed by atoms with van der Waals surface area (Å²) >= 11 is 0. The van der Waals surface area contributed by atoms with Crippen LogP contribution in [-0.2, 0) is 9.47 Å². The molecule has 6 rings (SSSR count). The third-order valence-electron chi connectivity index (χ3n) is 7.68. The van der Waals surface area contributed by atoms with E-state index in [0.717, 1.165) is 29.8 Å². The molecule has 0 aliphatic carbocycles. The molecule has 0 saturated carbocycles. The third-order valence-corrected chi connectivity index (χ3v) is 7.68. The number of rotatable bonds is 8. The van der Waals surface area contributed by atoms with Gasteiger partial charge in [-0.2, -0.15) is 0 Å². The molecule has 4 aromatic rings. The van der Waals surface area contributed by atoms with Crippen LogP contribution in [0.5, 0.6) is 0 Å². The van der Waals surface area contributed by atoms with Crippen LogP contribution >= 0.6 is 0 Å². The Bertz CT molecular complexity index is 1340. The van der Waals surface area contributed by atoms with E-state index >= 15 is 0 Å². The first-order valence-corrected chi connectivity index (χ1v) is 13.8. The van der Waals surface area contributed by atoms with E-state index < -0.39 is 6.04 Å². The summed E-state index contributed by atoms with van der Waals surface area (Å²) in [4.78, 5) is 19.7. The number of hydrogen-bond donors (Lipinski definition) is 0. The number of carbonyl (C=O) groups is 1. The largest absolute Gasteiger partial charge is 0.455 e. The zero-order chi connectivity index (χ0) is 26.4. The number of nitrogens with zero attached hydrogens (tertiary/aromatic N) is 2. The van der Waals surface area contributed by atoms with Crippen LogP contribution in [0.1, 0.15) is 22.0 Å². The second-order valence-corrected chi connectivity index (χ2v) is 10.0. The third kappa shape index (κ3) is 5.60. The van der Waals surface area contributed by atoms with Gasteiger partial charge in [0.05, 0.1) is 44.1 Å². The van der Waals surface area contributed by atoms with Crippen LogP contribution in [0, 0.1) is 0 Å². The molecule has 0 amide bonds. The highest BCUT2D eigenvalue weighted by molar-refractivity contribution is 6.06. The fraction of sp³-hybridized carbons (Fsp3) is 0.303. The number of Topliss-reactive ketones (excluding diaryl/α,β-unsaturated/α-hetero) is 1. The summed E-state index contributed by atoms with van der Waals surface area (Å²) < 4.78 is 17.9. The number of ether oxygens (including phenoxy) is 2. The lowest BCUT2D eigenvalue weighted by Crippen LogP contribution is -2.55. The van der Waals surface area contributed by atoms with Gasteiger partial charge in [-0.05, 0) is 11.6 Å². The zero-order valence-corrected chi connectivity index (χ0v) is 22.1. The maximum Gasteiger partial charge on any atom is 0.185 e. The SMILES string of the molecule is O=C(c1cc(-c2ccccc2)oc1-c1ccccc1)[C@@H]([C@H](c1ccccc1)N1CCOCC1)N1CCOCC1. The van der Waals surface area contributed by atoms with E-state index in [4.69, 9.17) is 13.9 Å². The van der Waals surface area contributed by atoms with Gasteiger partial charge in [-0.3, -0.25) is 14.6 Å². The van der Waals surface area contributed by atoms with Crippen LogP contribution in [0.25, 0.3) is 22.6 Å². The smallest absolute Gasteiger partial charge is 0.185 e. The normalized spacial score (nSPS) is 18.5. The minimum absolute atomic E-state index is 0.0713. The first kappa shape index (κ1) is 25.7. The molecule has 2 aliphatic heterocycles. The summed E-state index contributed by atoms with van der Waals surface area (Å²) in [5.74, 6) is 1.38. The van der Waals surface area contributed by atoms with Gasteiger partial charge in [0.15, 0.2) is 5.78 Å². The molecule has 3 heterocycles. The van der Waals surface area contributed by atoms with Gasteiger partial charge >= 0.3 is 0 Å². The van der Waals surface area contributed by atoms with Crippen molar-refractivity contribution in [3.8, 4) is 22.6 Å². The van der Waals surface area contributed by atoms with E-state index in [0.29, 0.717) is 56.6 Å². The molecule has 6 nitrogen and oxygen atoms in total. The molecule has 2 saturated heterocycles. The molecule has 0 N–H and O–H groups in total. The number of furan rings is 1. The number of carbonyl (C=O) groups excluding carboxylic acids is 1. The molecule has 6 heteroatoms. The summed E-state index contributed by atoms with van der Waals surface area (Å²) in [6, 6.07) is 31.8. The molecule has 200 valence electrons. The van der Waals surface area contributed by atoms with Crippen molar-refractivity contribution in [2.45, 2.75) is 12.1 Å². The fourth-order valence-corrected chi connectivity index (χ4v) is 5.75. The average Bonchev–Trinajstić information content (AvgIpc) is 3.47. The fourth-order valence-electron chi connectivity index (χ4n) is 5.75.